The molecule has 0 radical (unpaired) electrons. The quantitative estimate of drug-likeness (QED) is 0.258. The Hall–Kier alpha value is -1.53. The van der Waals surface area contributed by atoms with E-state index in [-0.39, 0.29) is 12.5 Å². The van der Waals surface area contributed by atoms with Crippen LogP contribution in [0.3, 0.4) is 0 Å². The number of carbonyl (C=O) groups excluding carboxylic acids is 1. The third kappa shape index (κ3) is 3.61. The number of esters is 1. The monoisotopic (exact) mass is 388 g/mol. The van der Waals surface area contributed by atoms with Crippen molar-refractivity contribution in [3.8, 4) is 0 Å². The second kappa shape index (κ2) is 8.23. The lowest BCUT2D eigenvalue weighted by Gasteiger charge is -2.42. The predicted molar refractivity (Wildman–Crippen MR) is 86.6 cm³/mol. The Morgan fingerprint density at radius 2 is 1.93 bits per heavy atom. The van der Waals surface area contributed by atoms with Gasteiger partial charge in [0.15, 0.2) is 6.29 Å². The zero-order valence-corrected chi connectivity index (χ0v) is 14.7. The smallest absolute Gasteiger partial charge is 0.337 e. The summed E-state index contributed by atoms with van der Waals surface area (Å²) in [5.41, 5.74) is 0.903. The summed E-state index contributed by atoms with van der Waals surface area (Å²) in [5, 5.41) is 48.8. The number of ether oxygens (including phenoxy) is 4. The molecule has 1 fully saturated rings. The first-order valence-electron chi connectivity index (χ1n) is 8.62. The number of aliphatic hydroxyl groups is 5. The third-order valence-corrected chi connectivity index (χ3v) is 5.24. The SMILES string of the molecule is COC(=O)C1=CO[C@H](O[C@H]2O[C@@H](CO)[C@@H](O)[C@@H](O)[C@H]2O)[C@H]2C(CO)=CC[C@H]12. The van der Waals surface area contributed by atoms with Gasteiger partial charge < -0.3 is 44.5 Å². The second-order valence-electron chi connectivity index (χ2n) is 6.71. The lowest BCUT2D eigenvalue weighted by Crippen LogP contribution is -2.60. The summed E-state index contributed by atoms with van der Waals surface area (Å²) in [6, 6.07) is 0. The average molecular weight is 388 g/mol. The Morgan fingerprint density at radius 3 is 2.56 bits per heavy atom. The van der Waals surface area contributed by atoms with E-state index in [1.165, 1.54) is 13.4 Å². The summed E-state index contributed by atoms with van der Waals surface area (Å²) in [4.78, 5) is 12.0. The van der Waals surface area contributed by atoms with Crippen LogP contribution in [0.15, 0.2) is 23.5 Å². The maximum Gasteiger partial charge on any atom is 0.337 e. The summed E-state index contributed by atoms with van der Waals surface area (Å²) in [5.74, 6) is -1.42. The molecule has 10 nitrogen and oxygen atoms in total. The summed E-state index contributed by atoms with van der Waals surface area (Å²) >= 11 is 0. The van der Waals surface area contributed by atoms with Gasteiger partial charge >= 0.3 is 5.97 Å². The van der Waals surface area contributed by atoms with Crippen LogP contribution < -0.4 is 0 Å². The highest BCUT2D eigenvalue weighted by Crippen LogP contribution is 2.44. The van der Waals surface area contributed by atoms with Crippen molar-refractivity contribution in [2.75, 3.05) is 20.3 Å². The molecule has 1 saturated heterocycles. The van der Waals surface area contributed by atoms with Crippen molar-refractivity contribution in [2.45, 2.75) is 43.4 Å². The van der Waals surface area contributed by atoms with Crippen molar-refractivity contribution in [3.63, 3.8) is 0 Å². The van der Waals surface area contributed by atoms with Crippen LogP contribution in [0.5, 0.6) is 0 Å². The molecule has 1 aliphatic carbocycles. The summed E-state index contributed by atoms with van der Waals surface area (Å²) in [6.45, 7) is -0.857. The fraction of sp³-hybridized carbons (Fsp3) is 0.706. The molecule has 0 amide bonds. The summed E-state index contributed by atoms with van der Waals surface area (Å²) < 4.78 is 21.3. The van der Waals surface area contributed by atoms with Crippen molar-refractivity contribution in [3.05, 3.63) is 23.5 Å². The van der Waals surface area contributed by atoms with Crippen LogP contribution in [-0.4, -0.2) is 88.8 Å². The van der Waals surface area contributed by atoms with E-state index in [4.69, 9.17) is 18.9 Å². The van der Waals surface area contributed by atoms with Gasteiger partial charge in [-0.25, -0.2) is 4.79 Å². The number of rotatable bonds is 5. The molecule has 0 aromatic rings. The third-order valence-electron chi connectivity index (χ3n) is 5.24. The molecule has 3 aliphatic rings. The Balaban J connectivity index is 1.80. The van der Waals surface area contributed by atoms with Gasteiger partial charge in [0.1, 0.15) is 24.4 Å². The van der Waals surface area contributed by atoms with Crippen LogP contribution in [0.1, 0.15) is 6.42 Å². The molecule has 8 atom stereocenters. The topological polar surface area (TPSA) is 155 Å². The molecule has 10 heteroatoms. The van der Waals surface area contributed by atoms with Gasteiger partial charge in [-0.05, 0) is 12.0 Å². The Morgan fingerprint density at radius 1 is 1.19 bits per heavy atom. The lowest BCUT2D eigenvalue weighted by molar-refractivity contribution is -0.339. The average Bonchev–Trinajstić information content (AvgIpc) is 3.12. The summed E-state index contributed by atoms with van der Waals surface area (Å²) in [6.07, 6.45) is -4.73. The normalized spacial score (nSPS) is 41.3. The van der Waals surface area contributed by atoms with Crippen molar-refractivity contribution >= 4 is 5.97 Å². The molecule has 0 spiro atoms. The minimum Gasteiger partial charge on any atom is -0.471 e. The number of hydrogen-bond donors (Lipinski definition) is 5. The Bertz CT molecular complexity index is 615. The van der Waals surface area contributed by atoms with Crippen molar-refractivity contribution in [1.29, 1.82) is 0 Å². The first-order chi connectivity index (χ1) is 12.9. The fourth-order valence-corrected chi connectivity index (χ4v) is 3.73. The van der Waals surface area contributed by atoms with Gasteiger partial charge in [-0.1, -0.05) is 6.08 Å². The largest absolute Gasteiger partial charge is 0.471 e. The van der Waals surface area contributed by atoms with Crippen molar-refractivity contribution < 1.29 is 49.3 Å². The van der Waals surface area contributed by atoms with Crippen LogP contribution >= 0.6 is 0 Å². The second-order valence-corrected chi connectivity index (χ2v) is 6.71. The van der Waals surface area contributed by atoms with Gasteiger partial charge in [-0.2, -0.15) is 0 Å². The molecule has 2 heterocycles. The van der Waals surface area contributed by atoms with Gasteiger partial charge in [0.25, 0.3) is 0 Å². The highest BCUT2D eigenvalue weighted by Gasteiger charge is 2.49. The first-order valence-corrected chi connectivity index (χ1v) is 8.62. The highest BCUT2D eigenvalue weighted by molar-refractivity contribution is 5.89. The van der Waals surface area contributed by atoms with Crippen molar-refractivity contribution in [1.82, 2.24) is 0 Å². The van der Waals surface area contributed by atoms with Crippen LogP contribution in [0.25, 0.3) is 0 Å². The van der Waals surface area contributed by atoms with E-state index in [0.29, 0.717) is 17.6 Å². The van der Waals surface area contributed by atoms with Gasteiger partial charge in [0.05, 0.1) is 38.1 Å². The van der Waals surface area contributed by atoms with Gasteiger partial charge in [-0.3, -0.25) is 0 Å². The van der Waals surface area contributed by atoms with Crippen LogP contribution in [-0.2, 0) is 23.7 Å². The predicted octanol–water partition coefficient (Wildman–Crippen LogP) is -2.23. The number of methoxy groups -OCH3 is 1. The van der Waals surface area contributed by atoms with E-state index in [2.05, 4.69) is 0 Å². The molecular weight excluding hydrogens is 364 g/mol. The first kappa shape index (κ1) is 20.2. The van der Waals surface area contributed by atoms with Gasteiger partial charge in [0, 0.05) is 5.92 Å². The number of allylic oxidation sites excluding steroid dienone is 1. The molecule has 27 heavy (non-hydrogen) atoms. The molecule has 5 N–H and O–H groups in total. The van der Waals surface area contributed by atoms with E-state index in [9.17, 15) is 30.3 Å². The maximum absolute atomic E-state index is 12.0. The number of hydrogen-bond acceptors (Lipinski definition) is 10. The molecule has 152 valence electrons. The summed E-state index contributed by atoms with van der Waals surface area (Å²) in [7, 11) is 1.25. The van der Waals surface area contributed by atoms with Gasteiger partial charge in [0.2, 0.25) is 6.29 Å². The number of aliphatic hydroxyl groups excluding tert-OH is 5. The standard InChI is InChI=1S/C17H24O10/c1-24-15(23)9-6-25-16(11-7(4-18)2-3-8(9)11)27-17-14(22)13(21)12(20)10(5-19)26-17/h2,6,8,10-14,16-22H,3-5H2,1H3/t8-,10+,11+,12-,13-,14-,16-,17-/m1/s1. The minimum absolute atomic E-state index is 0.270. The van der Waals surface area contributed by atoms with E-state index in [1.54, 1.807) is 6.08 Å². The highest BCUT2D eigenvalue weighted by atomic mass is 16.8. The lowest BCUT2D eigenvalue weighted by atomic mass is 9.83. The van der Waals surface area contributed by atoms with E-state index < -0.39 is 55.5 Å². The Labute approximate surface area is 155 Å². The molecular formula is C17H24O10. The molecule has 2 aliphatic heterocycles. The van der Waals surface area contributed by atoms with E-state index >= 15 is 0 Å². The maximum atomic E-state index is 12.0. The van der Waals surface area contributed by atoms with Crippen molar-refractivity contribution in [2.24, 2.45) is 11.8 Å². The number of fused-ring (bicyclic) bond motifs is 1. The molecule has 0 aromatic carbocycles. The van der Waals surface area contributed by atoms with E-state index in [0.717, 1.165) is 0 Å². The van der Waals surface area contributed by atoms with Crippen LogP contribution in [0, 0.1) is 11.8 Å². The Kier molecular flexibility index (Phi) is 6.16. The number of carbonyl (C=O) groups is 1. The van der Waals surface area contributed by atoms with Crippen LogP contribution in [0.4, 0.5) is 0 Å². The zero-order valence-electron chi connectivity index (χ0n) is 14.7. The van der Waals surface area contributed by atoms with Crippen LogP contribution in [0.2, 0.25) is 0 Å². The fourth-order valence-electron chi connectivity index (χ4n) is 3.73. The molecule has 0 saturated carbocycles. The zero-order chi connectivity index (χ0) is 19.7. The van der Waals surface area contributed by atoms with Gasteiger partial charge in [-0.15, -0.1) is 0 Å². The molecule has 0 bridgehead atoms. The molecule has 0 unspecified atom stereocenters. The minimum atomic E-state index is -1.59. The van der Waals surface area contributed by atoms with E-state index in [1.807, 2.05) is 0 Å². The molecule has 0 aromatic heterocycles. The molecule has 3 rings (SSSR count).